The molecule has 0 saturated carbocycles. The molecule has 0 N–H and O–H groups in total. The smallest absolute Gasteiger partial charge is 0.143 e. The van der Waals surface area contributed by atoms with Gasteiger partial charge in [-0.15, -0.1) is 0 Å². The SMILES string of the molecule is C[C@H](Cn1ccc2cncnc21)N(C)C. The predicted molar refractivity (Wildman–Crippen MR) is 60.7 cm³/mol. The highest BCUT2D eigenvalue weighted by Crippen LogP contribution is 2.12. The van der Waals surface area contributed by atoms with E-state index < -0.39 is 0 Å². The molecular weight excluding hydrogens is 188 g/mol. The van der Waals surface area contributed by atoms with Crippen LogP contribution in [0.2, 0.25) is 0 Å². The van der Waals surface area contributed by atoms with Crippen molar-refractivity contribution in [1.82, 2.24) is 19.4 Å². The molecule has 0 amide bonds. The minimum atomic E-state index is 0.496. The molecule has 4 nitrogen and oxygen atoms in total. The summed E-state index contributed by atoms with van der Waals surface area (Å²) in [5.74, 6) is 0. The van der Waals surface area contributed by atoms with Crippen LogP contribution in [0.5, 0.6) is 0 Å². The Hall–Kier alpha value is -1.42. The molecule has 2 rings (SSSR count). The number of aromatic nitrogens is 3. The van der Waals surface area contributed by atoms with Crippen LogP contribution in [0.1, 0.15) is 6.92 Å². The van der Waals surface area contributed by atoms with Crippen molar-refractivity contribution in [2.24, 2.45) is 0 Å². The molecule has 0 aliphatic heterocycles. The van der Waals surface area contributed by atoms with Gasteiger partial charge in [0.1, 0.15) is 12.0 Å². The van der Waals surface area contributed by atoms with Gasteiger partial charge >= 0.3 is 0 Å². The number of nitrogens with zero attached hydrogens (tertiary/aromatic N) is 4. The summed E-state index contributed by atoms with van der Waals surface area (Å²) in [4.78, 5) is 10.5. The van der Waals surface area contributed by atoms with Crippen molar-refractivity contribution in [2.45, 2.75) is 19.5 Å². The first kappa shape index (κ1) is 10.1. The minimum Gasteiger partial charge on any atom is -0.331 e. The number of hydrogen-bond donors (Lipinski definition) is 0. The highest BCUT2D eigenvalue weighted by molar-refractivity contribution is 5.74. The van der Waals surface area contributed by atoms with Gasteiger partial charge in [-0.2, -0.15) is 0 Å². The molecule has 0 aliphatic rings. The Labute approximate surface area is 89.6 Å². The third kappa shape index (κ3) is 1.99. The van der Waals surface area contributed by atoms with Gasteiger partial charge in [0.2, 0.25) is 0 Å². The first-order valence-electron chi connectivity index (χ1n) is 5.10. The maximum Gasteiger partial charge on any atom is 0.143 e. The minimum absolute atomic E-state index is 0.496. The number of hydrogen-bond acceptors (Lipinski definition) is 3. The van der Waals surface area contributed by atoms with Crippen LogP contribution in [0.4, 0.5) is 0 Å². The summed E-state index contributed by atoms with van der Waals surface area (Å²) in [5.41, 5.74) is 1.01. The molecule has 0 saturated heterocycles. The van der Waals surface area contributed by atoms with Crippen molar-refractivity contribution in [3.63, 3.8) is 0 Å². The van der Waals surface area contributed by atoms with E-state index in [2.05, 4.69) is 52.7 Å². The van der Waals surface area contributed by atoms with Crippen molar-refractivity contribution >= 4 is 11.0 Å². The molecule has 80 valence electrons. The van der Waals surface area contributed by atoms with E-state index in [9.17, 15) is 0 Å². The average Bonchev–Trinajstić information content (AvgIpc) is 2.62. The van der Waals surface area contributed by atoms with E-state index in [4.69, 9.17) is 0 Å². The van der Waals surface area contributed by atoms with E-state index in [-0.39, 0.29) is 0 Å². The molecule has 0 unspecified atom stereocenters. The molecule has 0 fully saturated rings. The van der Waals surface area contributed by atoms with Crippen LogP contribution >= 0.6 is 0 Å². The molecule has 0 aliphatic carbocycles. The highest BCUT2D eigenvalue weighted by Gasteiger charge is 2.08. The number of likely N-dealkylation sites (N-methyl/N-ethyl adjacent to an activating group) is 1. The van der Waals surface area contributed by atoms with E-state index in [0.717, 1.165) is 17.6 Å². The summed E-state index contributed by atoms with van der Waals surface area (Å²) in [6, 6.07) is 2.55. The molecule has 2 heterocycles. The van der Waals surface area contributed by atoms with Gasteiger partial charge in [0.05, 0.1) is 0 Å². The predicted octanol–water partition coefficient (Wildman–Crippen LogP) is 1.38. The molecule has 2 aromatic rings. The molecule has 15 heavy (non-hydrogen) atoms. The standard InChI is InChI=1S/C11H16N4/c1-9(14(2)3)7-15-5-4-10-6-12-8-13-11(10)15/h4-6,8-9H,7H2,1-3H3/t9-/m1/s1. The molecule has 0 spiro atoms. The van der Waals surface area contributed by atoms with Crippen LogP contribution in [-0.4, -0.2) is 39.6 Å². The van der Waals surface area contributed by atoms with E-state index in [0.29, 0.717) is 6.04 Å². The average molecular weight is 204 g/mol. The zero-order valence-electron chi connectivity index (χ0n) is 9.38. The summed E-state index contributed by atoms with van der Waals surface area (Å²) in [7, 11) is 4.18. The second-order valence-corrected chi connectivity index (χ2v) is 4.08. The van der Waals surface area contributed by atoms with Gasteiger partial charge < -0.3 is 9.47 Å². The van der Waals surface area contributed by atoms with E-state index in [1.54, 1.807) is 6.33 Å². The van der Waals surface area contributed by atoms with Gasteiger partial charge in [0.15, 0.2) is 0 Å². The van der Waals surface area contributed by atoms with Crippen molar-refractivity contribution in [3.05, 3.63) is 24.8 Å². The number of fused-ring (bicyclic) bond motifs is 1. The summed E-state index contributed by atoms with van der Waals surface area (Å²) < 4.78 is 2.17. The van der Waals surface area contributed by atoms with Crippen LogP contribution in [-0.2, 0) is 6.54 Å². The van der Waals surface area contributed by atoms with Gasteiger partial charge in [0, 0.05) is 30.4 Å². The van der Waals surface area contributed by atoms with Crippen LogP contribution in [0.15, 0.2) is 24.8 Å². The molecule has 0 radical (unpaired) electrons. The second kappa shape index (κ2) is 3.98. The van der Waals surface area contributed by atoms with Gasteiger partial charge in [-0.3, -0.25) is 0 Å². The van der Waals surface area contributed by atoms with Crippen molar-refractivity contribution in [3.8, 4) is 0 Å². The lowest BCUT2D eigenvalue weighted by Gasteiger charge is -2.20. The summed E-state index contributed by atoms with van der Waals surface area (Å²) in [6.07, 6.45) is 5.51. The maximum atomic E-state index is 4.29. The zero-order valence-corrected chi connectivity index (χ0v) is 9.38. The molecule has 0 aromatic carbocycles. The highest BCUT2D eigenvalue weighted by atomic mass is 15.1. The Morgan fingerprint density at radius 1 is 1.47 bits per heavy atom. The normalized spacial score (nSPS) is 13.6. The second-order valence-electron chi connectivity index (χ2n) is 4.08. The number of rotatable bonds is 3. The first-order chi connectivity index (χ1) is 7.18. The van der Waals surface area contributed by atoms with Crippen molar-refractivity contribution < 1.29 is 0 Å². The monoisotopic (exact) mass is 204 g/mol. The van der Waals surface area contributed by atoms with Crippen LogP contribution in [0.25, 0.3) is 11.0 Å². The van der Waals surface area contributed by atoms with Crippen molar-refractivity contribution in [1.29, 1.82) is 0 Å². The van der Waals surface area contributed by atoms with Crippen LogP contribution < -0.4 is 0 Å². The topological polar surface area (TPSA) is 34.0 Å². The Kier molecular flexibility index (Phi) is 2.68. The third-order valence-electron chi connectivity index (χ3n) is 2.77. The van der Waals surface area contributed by atoms with E-state index in [1.165, 1.54) is 0 Å². The fourth-order valence-corrected chi connectivity index (χ4v) is 1.53. The Morgan fingerprint density at radius 2 is 2.27 bits per heavy atom. The van der Waals surface area contributed by atoms with Gasteiger partial charge in [-0.1, -0.05) is 0 Å². The van der Waals surface area contributed by atoms with E-state index in [1.807, 2.05) is 6.20 Å². The third-order valence-corrected chi connectivity index (χ3v) is 2.77. The summed E-state index contributed by atoms with van der Waals surface area (Å²) in [6.45, 7) is 3.15. The molecule has 4 heteroatoms. The van der Waals surface area contributed by atoms with Crippen LogP contribution in [0.3, 0.4) is 0 Å². The largest absolute Gasteiger partial charge is 0.331 e. The van der Waals surface area contributed by atoms with Crippen LogP contribution in [0, 0.1) is 0 Å². The fraction of sp³-hybridized carbons (Fsp3) is 0.455. The molecule has 2 aromatic heterocycles. The van der Waals surface area contributed by atoms with Gasteiger partial charge in [-0.25, -0.2) is 9.97 Å². The lowest BCUT2D eigenvalue weighted by Crippen LogP contribution is -2.29. The van der Waals surface area contributed by atoms with Gasteiger partial charge in [-0.05, 0) is 27.1 Å². The fourth-order valence-electron chi connectivity index (χ4n) is 1.53. The summed E-state index contributed by atoms with van der Waals surface area (Å²) in [5, 5.41) is 1.10. The molecule has 0 bridgehead atoms. The van der Waals surface area contributed by atoms with E-state index >= 15 is 0 Å². The lowest BCUT2D eigenvalue weighted by molar-refractivity contribution is 0.286. The Balaban J connectivity index is 2.29. The maximum absolute atomic E-state index is 4.29. The Bertz CT molecular complexity index is 447. The summed E-state index contributed by atoms with van der Waals surface area (Å²) >= 11 is 0. The zero-order chi connectivity index (χ0) is 10.8. The first-order valence-corrected chi connectivity index (χ1v) is 5.10. The van der Waals surface area contributed by atoms with Gasteiger partial charge in [0.25, 0.3) is 0 Å². The lowest BCUT2D eigenvalue weighted by atomic mass is 10.3. The van der Waals surface area contributed by atoms with Crippen molar-refractivity contribution in [2.75, 3.05) is 14.1 Å². The quantitative estimate of drug-likeness (QED) is 0.757. The molecule has 1 atom stereocenters. The Morgan fingerprint density at radius 3 is 3.00 bits per heavy atom. The molecular formula is C11H16N4.